The highest BCUT2D eigenvalue weighted by atomic mass is 35.5. The van der Waals surface area contributed by atoms with Crippen LogP contribution >= 0.6 is 11.6 Å². The summed E-state index contributed by atoms with van der Waals surface area (Å²) in [6, 6.07) is 5.03. The number of nitro groups is 1. The van der Waals surface area contributed by atoms with Crippen molar-refractivity contribution in [3.63, 3.8) is 0 Å². The third-order valence-electron chi connectivity index (χ3n) is 2.15. The van der Waals surface area contributed by atoms with Crippen LogP contribution in [0.1, 0.15) is 6.92 Å². The number of rotatable bonds is 5. The number of alkyl halides is 1. The highest BCUT2D eigenvalue weighted by Gasteiger charge is 2.20. The Labute approximate surface area is 104 Å². The number of hydrogen-bond donors (Lipinski definition) is 0. The number of non-ortho nitro benzene ring substituents is 1. The lowest BCUT2D eigenvalue weighted by Crippen LogP contribution is -2.15. The van der Waals surface area contributed by atoms with E-state index in [4.69, 9.17) is 11.6 Å². The van der Waals surface area contributed by atoms with Gasteiger partial charge in [0.2, 0.25) is 0 Å². The van der Waals surface area contributed by atoms with E-state index in [9.17, 15) is 18.5 Å². The number of nitrogens with zero attached hydrogens (tertiary/aromatic N) is 1. The first-order valence-corrected chi connectivity index (χ1v) is 7.08. The van der Waals surface area contributed by atoms with Crippen LogP contribution in [0.2, 0.25) is 0 Å². The van der Waals surface area contributed by atoms with Gasteiger partial charge in [-0.05, 0) is 12.0 Å². The predicted octanol–water partition coefficient (Wildman–Crippen LogP) is 2.24. The van der Waals surface area contributed by atoms with Crippen LogP contribution in [0.3, 0.4) is 0 Å². The molecule has 1 rings (SSSR count). The molecule has 1 atom stereocenters. The number of benzene rings is 1. The van der Waals surface area contributed by atoms with Gasteiger partial charge in [-0.3, -0.25) is 10.1 Å². The molecule has 0 spiro atoms. The van der Waals surface area contributed by atoms with Crippen LogP contribution < -0.4 is 0 Å². The highest BCUT2D eigenvalue weighted by Crippen LogP contribution is 2.20. The lowest BCUT2D eigenvalue weighted by molar-refractivity contribution is -0.385. The lowest BCUT2D eigenvalue weighted by atomic mass is 10.3. The second-order valence-corrected chi connectivity index (χ2v) is 6.14. The number of halogens is 1. The van der Waals surface area contributed by atoms with Gasteiger partial charge in [0.1, 0.15) is 0 Å². The monoisotopic (exact) mass is 277 g/mol. The maximum Gasteiger partial charge on any atom is 0.270 e. The van der Waals surface area contributed by atoms with Gasteiger partial charge in [0.25, 0.3) is 5.69 Å². The molecule has 0 aromatic heterocycles. The summed E-state index contributed by atoms with van der Waals surface area (Å²) in [5.41, 5.74) is -0.232. The number of nitro benzene ring substituents is 1. The Morgan fingerprint density at radius 1 is 1.47 bits per heavy atom. The van der Waals surface area contributed by atoms with E-state index in [1.54, 1.807) is 6.92 Å². The van der Waals surface area contributed by atoms with Gasteiger partial charge >= 0.3 is 0 Å². The Hall–Kier alpha value is -1.14. The van der Waals surface area contributed by atoms with Crippen LogP contribution in [0.15, 0.2) is 29.2 Å². The molecule has 0 fully saturated rings. The van der Waals surface area contributed by atoms with E-state index < -0.39 is 14.8 Å². The molecule has 0 amide bonds. The van der Waals surface area contributed by atoms with Gasteiger partial charge in [0.05, 0.1) is 15.6 Å². The summed E-state index contributed by atoms with van der Waals surface area (Å²) >= 11 is 5.55. The molecule has 5 nitrogen and oxygen atoms in total. The quantitative estimate of drug-likeness (QED) is 0.470. The minimum atomic E-state index is -3.52. The fourth-order valence-electron chi connectivity index (χ4n) is 1.31. The van der Waals surface area contributed by atoms with Crippen LogP contribution in [0, 0.1) is 16.0 Å². The van der Waals surface area contributed by atoms with Crippen molar-refractivity contribution < 1.29 is 13.3 Å². The Balaban J connectivity index is 3.07. The Morgan fingerprint density at radius 2 is 2.12 bits per heavy atom. The summed E-state index contributed by atoms with van der Waals surface area (Å²) in [5.74, 6) is -0.0767. The summed E-state index contributed by atoms with van der Waals surface area (Å²) in [5, 5.41) is 10.5. The zero-order valence-corrected chi connectivity index (χ0v) is 10.7. The molecule has 0 bridgehead atoms. The van der Waals surface area contributed by atoms with Crippen LogP contribution in [-0.2, 0) is 9.84 Å². The molecule has 1 unspecified atom stereocenters. The smallest absolute Gasteiger partial charge is 0.258 e. The van der Waals surface area contributed by atoms with Gasteiger partial charge in [-0.1, -0.05) is 13.0 Å². The van der Waals surface area contributed by atoms with Crippen LogP contribution in [0.5, 0.6) is 0 Å². The van der Waals surface area contributed by atoms with Crippen molar-refractivity contribution in [3.05, 3.63) is 34.4 Å². The maximum atomic E-state index is 11.9. The predicted molar refractivity (Wildman–Crippen MR) is 65.0 cm³/mol. The molecule has 0 N–H and O–H groups in total. The fraction of sp³-hybridized carbons (Fsp3) is 0.400. The summed E-state index contributed by atoms with van der Waals surface area (Å²) in [6.45, 7) is 1.71. The first-order chi connectivity index (χ1) is 7.86. The van der Waals surface area contributed by atoms with Crippen molar-refractivity contribution in [2.45, 2.75) is 11.8 Å². The average molecular weight is 278 g/mol. The standard InChI is InChI=1S/C10H12ClNO4S/c1-8(6-11)7-17(15,16)10-4-2-3-9(5-10)12(13)14/h2-5,8H,6-7H2,1H3. The van der Waals surface area contributed by atoms with Crippen molar-refractivity contribution in [2.75, 3.05) is 11.6 Å². The second-order valence-electron chi connectivity index (χ2n) is 3.80. The molecule has 0 radical (unpaired) electrons. The summed E-state index contributed by atoms with van der Waals surface area (Å²) in [4.78, 5) is 9.89. The molecule has 0 aliphatic heterocycles. The molecule has 0 saturated heterocycles. The first-order valence-electron chi connectivity index (χ1n) is 4.90. The first kappa shape index (κ1) is 13.9. The SMILES string of the molecule is CC(CCl)CS(=O)(=O)c1cccc([N+](=O)[O-])c1. The molecule has 0 aliphatic carbocycles. The maximum absolute atomic E-state index is 11.9. The van der Waals surface area contributed by atoms with Crippen LogP contribution in [0.25, 0.3) is 0 Å². The molecular formula is C10H12ClNO4S. The van der Waals surface area contributed by atoms with Gasteiger partial charge in [-0.15, -0.1) is 11.6 Å². The largest absolute Gasteiger partial charge is 0.270 e. The zero-order chi connectivity index (χ0) is 13.1. The molecule has 17 heavy (non-hydrogen) atoms. The molecule has 1 aromatic carbocycles. The van der Waals surface area contributed by atoms with E-state index >= 15 is 0 Å². The molecule has 94 valence electrons. The van der Waals surface area contributed by atoms with Gasteiger partial charge in [-0.2, -0.15) is 0 Å². The van der Waals surface area contributed by atoms with E-state index in [1.165, 1.54) is 18.2 Å². The van der Waals surface area contributed by atoms with E-state index in [1.807, 2.05) is 0 Å². The number of hydrogen-bond acceptors (Lipinski definition) is 4. The normalized spacial score (nSPS) is 13.3. The van der Waals surface area contributed by atoms with Crippen molar-refractivity contribution in [3.8, 4) is 0 Å². The van der Waals surface area contributed by atoms with Crippen molar-refractivity contribution >= 4 is 27.1 Å². The van der Waals surface area contributed by atoms with Crippen molar-refractivity contribution in [1.82, 2.24) is 0 Å². The van der Waals surface area contributed by atoms with E-state index in [2.05, 4.69) is 0 Å². The Bertz CT molecular complexity index is 515. The van der Waals surface area contributed by atoms with Gasteiger partial charge in [0.15, 0.2) is 9.84 Å². The molecule has 0 aliphatic rings. The highest BCUT2D eigenvalue weighted by molar-refractivity contribution is 7.91. The molecule has 0 heterocycles. The van der Waals surface area contributed by atoms with E-state index in [0.29, 0.717) is 0 Å². The molecular weight excluding hydrogens is 266 g/mol. The Morgan fingerprint density at radius 3 is 2.65 bits per heavy atom. The topological polar surface area (TPSA) is 77.3 Å². The molecule has 0 saturated carbocycles. The lowest BCUT2D eigenvalue weighted by Gasteiger charge is -2.08. The van der Waals surface area contributed by atoms with E-state index in [-0.39, 0.29) is 28.1 Å². The summed E-state index contributed by atoms with van der Waals surface area (Å²) in [6.07, 6.45) is 0. The zero-order valence-electron chi connectivity index (χ0n) is 9.17. The minimum Gasteiger partial charge on any atom is -0.258 e. The molecule has 1 aromatic rings. The summed E-state index contributed by atoms with van der Waals surface area (Å²) in [7, 11) is -3.52. The van der Waals surface area contributed by atoms with Gasteiger partial charge in [-0.25, -0.2) is 8.42 Å². The summed E-state index contributed by atoms with van der Waals surface area (Å²) < 4.78 is 23.8. The van der Waals surface area contributed by atoms with Crippen LogP contribution in [0.4, 0.5) is 5.69 Å². The van der Waals surface area contributed by atoms with Crippen molar-refractivity contribution in [1.29, 1.82) is 0 Å². The van der Waals surface area contributed by atoms with Gasteiger partial charge in [0, 0.05) is 18.0 Å². The third-order valence-corrected chi connectivity index (χ3v) is 4.66. The average Bonchev–Trinajstić information content (AvgIpc) is 2.28. The van der Waals surface area contributed by atoms with Crippen molar-refractivity contribution in [2.24, 2.45) is 5.92 Å². The number of sulfone groups is 1. The van der Waals surface area contributed by atoms with E-state index in [0.717, 1.165) is 6.07 Å². The third kappa shape index (κ3) is 3.67. The second kappa shape index (κ2) is 5.46. The Kier molecular flexibility index (Phi) is 4.47. The minimum absolute atomic E-state index is 0.0383. The van der Waals surface area contributed by atoms with Gasteiger partial charge < -0.3 is 0 Å². The molecule has 7 heteroatoms. The fourth-order valence-corrected chi connectivity index (χ4v) is 3.19. The van der Waals surface area contributed by atoms with Crippen LogP contribution in [-0.4, -0.2) is 25.0 Å².